The first-order valence-corrected chi connectivity index (χ1v) is 11.0. The van der Waals surface area contributed by atoms with Crippen LogP contribution in [0.15, 0.2) is 24.3 Å². The number of nitrogens with zero attached hydrogens (tertiary/aromatic N) is 2. The third-order valence-electron chi connectivity index (χ3n) is 3.45. The molecule has 0 fully saturated rings. The molecule has 1 heterocycles. The molecular weight excluding hydrogens is 407 g/mol. The summed E-state index contributed by atoms with van der Waals surface area (Å²) in [6.07, 6.45) is 0. The zero-order valence-electron chi connectivity index (χ0n) is 15.3. The minimum Gasteiger partial charge on any atom is -0.383 e. The molecule has 0 aliphatic rings. The van der Waals surface area contributed by atoms with Crippen LogP contribution in [0.5, 0.6) is 5.88 Å². The topological polar surface area (TPSA) is 151 Å². The highest BCUT2D eigenvalue weighted by Crippen LogP contribution is 2.38. The molecule has 2 rings (SSSR count). The minimum absolute atomic E-state index is 0.0952. The number of carbonyl (C=O) groups is 2. The number of benzene rings is 1. The highest BCUT2D eigenvalue weighted by atomic mass is 32.2. The van der Waals surface area contributed by atoms with E-state index < -0.39 is 19.6 Å². The second kappa shape index (κ2) is 9.83. The monoisotopic (exact) mass is 428 g/mol. The van der Waals surface area contributed by atoms with Crippen LogP contribution in [0.1, 0.15) is 24.3 Å². The first kappa shape index (κ1) is 22.1. The number of aromatic nitrogens is 2. The second-order valence-electron chi connectivity index (χ2n) is 5.59. The van der Waals surface area contributed by atoms with Crippen molar-refractivity contribution in [3.8, 4) is 5.88 Å². The van der Waals surface area contributed by atoms with Crippen molar-refractivity contribution in [2.45, 2.75) is 19.1 Å². The Kier molecular flexibility index (Phi) is 7.76. The van der Waals surface area contributed by atoms with Crippen molar-refractivity contribution in [2.75, 3.05) is 18.8 Å². The SMILES string of the molecule is CCSC(C)C(=O)NCCNC(=O)c1nc2ccccc2nc1OP(=O)(O)O. The van der Waals surface area contributed by atoms with E-state index in [1.54, 1.807) is 31.2 Å². The summed E-state index contributed by atoms with van der Waals surface area (Å²) in [7, 11) is -4.94. The summed E-state index contributed by atoms with van der Waals surface area (Å²) in [6.45, 7) is 4.03. The largest absolute Gasteiger partial charge is 0.526 e. The van der Waals surface area contributed by atoms with Crippen LogP contribution in [0, 0.1) is 0 Å². The lowest BCUT2D eigenvalue weighted by Gasteiger charge is -2.13. The van der Waals surface area contributed by atoms with E-state index in [0.29, 0.717) is 11.0 Å². The fourth-order valence-corrected chi connectivity index (χ4v) is 3.31. The van der Waals surface area contributed by atoms with Crippen LogP contribution in [0.2, 0.25) is 0 Å². The van der Waals surface area contributed by atoms with Crippen molar-refractivity contribution in [1.29, 1.82) is 0 Å². The van der Waals surface area contributed by atoms with Crippen molar-refractivity contribution in [3.05, 3.63) is 30.0 Å². The number of nitrogens with one attached hydrogen (secondary N) is 2. The number of hydrogen-bond acceptors (Lipinski definition) is 7. The second-order valence-corrected chi connectivity index (χ2v) is 8.37. The van der Waals surface area contributed by atoms with Gasteiger partial charge in [0, 0.05) is 13.1 Å². The van der Waals surface area contributed by atoms with E-state index in [1.165, 1.54) is 11.8 Å². The van der Waals surface area contributed by atoms with Crippen molar-refractivity contribution >= 4 is 42.4 Å². The number of hydrogen-bond donors (Lipinski definition) is 4. The fourth-order valence-electron chi connectivity index (χ4n) is 2.22. The van der Waals surface area contributed by atoms with E-state index in [0.717, 1.165) is 5.75 Å². The Morgan fingerprint density at radius 2 is 1.79 bits per heavy atom. The summed E-state index contributed by atoms with van der Waals surface area (Å²) in [5, 5.41) is 5.01. The maximum Gasteiger partial charge on any atom is 0.526 e. The molecule has 10 nitrogen and oxygen atoms in total. The molecule has 0 aliphatic heterocycles. The van der Waals surface area contributed by atoms with Crippen molar-refractivity contribution < 1.29 is 28.5 Å². The number of fused-ring (bicyclic) bond motifs is 1. The number of rotatable bonds is 9. The summed E-state index contributed by atoms with van der Waals surface area (Å²) in [6, 6.07) is 6.53. The molecule has 152 valence electrons. The summed E-state index contributed by atoms with van der Waals surface area (Å²) in [5.74, 6) is -0.625. The first-order valence-electron chi connectivity index (χ1n) is 8.40. The lowest BCUT2D eigenvalue weighted by Crippen LogP contribution is -2.38. The van der Waals surface area contributed by atoms with Crippen LogP contribution >= 0.6 is 19.6 Å². The standard InChI is InChI=1S/C16H21N4O6PS/c1-3-28-10(2)14(21)17-8-9-18-15(22)13-16(26-27(23,24)25)20-12-7-5-4-6-11(12)19-13/h4-7,10H,3,8-9H2,1-2H3,(H,17,21)(H,18,22)(H2,23,24,25). The molecule has 0 radical (unpaired) electrons. The van der Waals surface area contributed by atoms with E-state index in [4.69, 9.17) is 9.79 Å². The zero-order valence-corrected chi connectivity index (χ0v) is 17.0. The van der Waals surface area contributed by atoms with Gasteiger partial charge in [-0.2, -0.15) is 0 Å². The van der Waals surface area contributed by atoms with Gasteiger partial charge in [-0.3, -0.25) is 19.4 Å². The highest BCUT2D eigenvalue weighted by Gasteiger charge is 2.25. The number of carbonyl (C=O) groups excluding carboxylic acids is 2. The summed E-state index contributed by atoms with van der Waals surface area (Å²) in [5.41, 5.74) is 0.324. The van der Waals surface area contributed by atoms with E-state index in [1.807, 2.05) is 6.92 Å². The molecule has 2 amide bonds. The summed E-state index contributed by atoms with van der Waals surface area (Å²) < 4.78 is 15.7. The van der Waals surface area contributed by atoms with Gasteiger partial charge in [-0.1, -0.05) is 19.1 Å². The highest BCUT2D eigenvalue weighted by molar-refractivity contribution is 8.00. The van der Waals surface area contributed by atoms with Crippen LogP contribution in [0.25, 0.3) is 11.0 Å². The Morgan fingerprint density at radius 1 is 1.18 bits per heavy atom. The molecule has 1 atom stereocenters. The van der Waals surface area contributed by atoms with E-state index in [-0.39, 0.29) is 29.9 Å². The summed E-state index contributed by atoms with van der Waals surface area (Å²) >= 11 is 1.50. The van der Waals surface area contributed by atoms with Gasteiger partial charge in [-0.15, -0.1) is 11.8 Å². The first-order chi connectivity index (χ1) is 13.2. The smallest absolute Gasteiger partial charge is 0.383 e. The van der Waals surface area contributed by atoms with E-state index >= 15 is 0 Å². The molecule has 0 saturated heterocycles. The van der Waals surface area contributed by atoms with Crippen molar-refractivity contribution in [3.63, 3.8) is 0 Å². The van der Waals surface area contributed by atoms with Crippen LogP contribution < -0.4 is 15.2 Å². The average molecular weight is 428 g/mol. The number of phosphoric acid groups is 1. The predicted molar refractivity (Wildman–Crippen MR) is 105 cm³/mol. The predicted octanol–water partition coefficient (Wildman–Crippen LogP) is 1.09. The van der Waals surface area contributed by atoms with E-state index in [9.17, 15) is 14.2 Å². The lowest BCUT2D eigenvalue weighted by atomic mass is 10.3. The Bertz CT molecular complexity index is 906. The third-order valence-corrected chi connectivity index (χ3v) is 4.91. The average Bonchev–Trinajstić information content (AvgIpc) is 2.63. The molecule has 0 saturated carbocycles. The Labute approximate surface area is 165 Å². The van der Waals surface area contributed by atoms with Crippen molar-refractivity contribution in [1.82, 2.24) is 20.6 Å². The quantitative estimate of drug-likeness (QED) is 0.340. The van der Waals surface area contributed by atoms with Gasteiger partial charge in [-0.25, -0.2) is 14.5 Å². The van der Waals surface area contributed by atoms with Crippen molar-refractivity contribution in [2.24, 2.45) is 0 Å². The molecule has 2 aromatic rings. The van der Waals surface area contributed by atoms with Crippen LogP contribution in [-0.2, 0) is 9.36 Å². The fraction of sp³-hybridized carbons (Fsp3) is 0.375. The molecule has 0 spiro atoms. The molecule has 12 heteroatoms. The minimum atomic E-state index is -4.94. The maximum absolute atomic E-state index is 12.4. The van der Waals surface area contributed by atoms with Gasteiger partial charge in [0.05, 0.1) is 16.3 Å². The number of para-hydroxylation sites is 2. The van der Waals surface area contributed by atoms with Gasteiger partial charge in [0.1, 0.15) is 0 Å². The summed E-state index contributed by atoms with van der Waals surface area (Å²) in [4.78, 5) is 50.4. The Balaban J connectivity index is 2.08. The number of amides is 2. The molecule has 1 unspecified atom stereocenters. The van der Waals surface area contributed by atoms with Gasteiger partial charge in [0.15, 0.2) is 5.69 Å². The van der Waals surface area contributed by atoms with Gasteiger partial charge in [0.25, 0.3) is 11.8 Å². The zero-order chi connectivity index (χ0) is 20.7. The normalized spacial score (nSPS) is 12.4. The van der Waals surface area contributed by atoms with Gasteiger partial charge >= 0.3 is 7.82 Å². The van der Waals surface area contributed by atoms with Crippen LogP contribution in [0.3, 0.4) is 0 Å². The van der Waals surface area contributed by atoms with Gasteiger partial charge in [0.2, 0.25) is 5.91 Å². The van der Waals surface area contributed by atoms with E-state index in [2.05, 4.69) is 25.1 Å². The number of thioether (sulfide) groups is 1. The molecule has 0 bridgehead atoms. The Hall–Kier alpha value is -2.20. The third kappa shape index (κ3) is 6.45. The molecule has 1 aromatic carbocycles. The van der Waals surface area contributed by atoms with Gasteiger partial charge in [-0.05, 0) is 24.8 Å². The lowest BCUT2D eigenvalue weighted by molar-refractivity contribution is -0.120. The molecule has 4 N–H and O–H groups in total. The number of phosphoric ester groups is 1. The van der Waals surface area contributed by atoms with Gasteiger partial charge < -0.3 is 15.2 Å². The maximum atomic E-state index is 12.4. The molecular formula is C16H21N4O6PS. The van der Waals surface area contributed by atoms with Crippen LogP contribution in [0.4, 0.5) is 0 Å². The molecule has 1 aromatic heterocycles. The van der Waals surface area contributed by atoms with Crippen LogP contribution in [-0.4, -0.2) is 55.7 Å². The Morgan fingerprint density at radius 3 is 2.39 bits per heavy atom. The molecule has 0 aliphatic carbocycles. The molecule has 28 heavy (non-hydrogen) atoms.